The van der Waals surface area contributed by atoms with Gasteiger partial charge in [-0.25, -0.2) is 9.18 Å². The van der Waals surface area contributed by atoms with Gasteiger partial charge in [0, 0.05) is 5.56 Å². The summed E-state index contributed by atoms with van der Waals surface area (Å²) in [7, 11) is 1.30. The Hall–Kier alpha value is -1.42. The fraction of sp³-hybridized carbons (Fsp3) is 0.500. The lowest BCUT2D eigenvalue weighted by Crippen LogP contribution is -2.49. The van der Waals surface area contributed by atoms with Crippen LogP contribution in [0.25, 0.3) is 0 Å². The summed E-state index contributed by atoms with van der Waals surface area (Å²) in [6.45, 7) is 6.28. The van der Waals surface area contributed by atoms with Crippen LogP contribution < -0.4 is 5.32 Å². The van der Waals surface area contributed by atoms with E-state index in [2.05, 4.69) is 5.32 Å². The summed E-state index contributed by atoms with van der Waals surface area (Å²) in [4.78, 5) is 11.9. The summed E-state index contributed by atoms with van der Waals surface area (Å²) < 4.78 is 18.6. The number of hydrogen-bond donors (Lipinski definition) is 1. The second-order valence-corrected chi connectivity index (χ2v) is 4.87. The Balaban J connectivity index is 3.12. The van der Waals surface area contributed by atoms with Gasteiger partial charge in [0.1, 0.15) is 11.4 Å². The maximum Gasteiger partial charge on any atom is 0.330 e. The number of halogens is 1. The molecule has 3 nitrogen and oxygen atoms in total. The van der Waals surface area contributed by atoms with Crippen molar-refractivity contribution in [3.05, 3.63) is 35.6 Å². The van der Waals surface area contributed by atoms with E-state index in [1.807, 2.05) is 13.8 Å². The van der Waals surface area contributed by atoms with Crippen molar-refractivity contribution in [3.8, 4) is 0 Å². The molecule has 0 radical (unpaired) electrons. The predicted octanol–water partition coefficient (Wildman–Crippen LogP) is 2.46. The topological polar surface area (TPSA) is 38.3 Å². The van der Waals surface area contributed by atoms with Crippen molar-refractivity contribution < 1.29 is 13.9 Å². The first-order chi connectivity index (χ1) is 8.41. The number of ether oxygens (including phenoxy) is 1. The molecule has 0 spiro atoms. The number of carbonyl (C=O) groups is 1. The normalized spacial score (nSPS) is 14.3. The molecule has 0 amide bonds. The molecular formula is C14H20FNO2. The summed E-state index contributed by atoms with van der Waals surface area (Å²) in [6.07, 6.45) is 0. The Morgan fingerprint density at radius 3 is 2.56 bits per heavy atom. The molecule has 1 N–H and O–H groups in total. The van der Waals surface area contributed by atoms with Gasteiger partial charge in [-0.1, -0.05) is 32.0 Å². The molecule has 1 aromatic rings. The zero-order valence-corrected chi connectivity index (χ0v) is 11.3. The van der Waals surface area contributed by atoms with E-state index in [4.69, 9.17) is 4.74 Å². The molecule has 1 atom stereocenters. The number of esters is 1. The fourth-order valence-electron chi connectivity index (χ4n) is 1.76. The molecule has 0 saturated carbocycles. The predicted molar refractivity (Wildman–Crippen MR) is 68.6 cm³/mol. The molecule has 0 aromatic heterocycles. The minimum absolute atomic E-state index is 0.303. The van der Waals surface area contributed by atoms with Crippen LogP contribution in [0.4, 0.5) is 4.39 Å². The van der Waals surface area contributed by atoms with E-state index in [-0.39, 0.29) is 0 Å². The van der Waals surface area contributed by atoms with Gasteiger partial charge in [0.05, 0.1) is 7.11 Å². The highest BCUT2D eigenvalue weighted by atomic mass is 19.1. The van der Waals surface area contributed by atoms with Crippen LogP contribution in [0.2, 0.25) is 0 Å². The lowest BCUT2D eigenvalue weighted by Gasteiger charge is -2.29. The molecule has 0 bridgehead atoms. The molecule has 0 saturated heterocycles. The van der Waals surface area contributed by atoms with Gasteiger partial charge in [0.25, 0.3) is 0 Å². The summed E-state index contributed by atoms with van der Waals surface area (Å²) in [5, 5.41) is 3.09. The Morgan fingerprint density at radius 2 is 2.06 bits per heavy atom. The van der Waals surface area contributed by atoms with E-state index in [0.717, 1.165) is 0 Å². The quantitative estimate of drug-likeness (QED) is 0.819. The lowest BCUT2D eigenvalue weighted by atomic mass is 9.91. The van der Waals surface area contributed by atoms with E-state index in [1.165, 1.54) is 13.2 Å². The van der Waals surface area contributed by atoms with Crippen molar-refractivity contribution in [1.82, 2.24) is 5.32 Å². The van der Waals surface area contributed by atoms with Crippen molar-refractivity contribution in [2.24, 2.45) is 5.92 Å². The number of rotatable bonds is 5. The third-order valence-corrected chi connectivity index (χ3v) is 2.87. The van der Waals surface area contributed by atoms with E-state index in [1.54, 1.807) is 25.1 Å². The Bertz CT molecular complexity index is 420. The monoisotopic (exact) mass is 253 g/mol. The minimum atomic E-state index is -1.16. The highest BCUT2D eigenvalue weighted by Crippen LogP contribution is 2.25. The van der Waals surface area contributed by atoms with Gasteiger partial charge in [-0.15, -0.1) is 0 Å². The molecule has 0 fully saturated rings. The van der Waals surface area contributed by atoms with Gasteiger partial charge in [-0.2, -0.15) is 0 Å². The third kappa shape index (κ3) is 3.07. The Labute approximate surface area is 107 Å². The van der Waals surface area contributed by atoms with Crippen molar-refractivity contribution in [2.75, 3.05) is 13.7 Å². The lowest BCUT2D eigenvalue weighted by molar-refractivity contribution is -0.148. The minimum Gasteiger partial charge on any atom is -0.467 e. The zero-order valence-electron chi connectivity index (χ0n) is 11.3. The number of hydrogen-bond acceptors (Lipinski definition) is 3. The standard InChI is InChI=1S/C14H20FNO2/c1-10(2)9-16-14(3,13(17)18-4)11-7-5-6-8-12(11)15/h5-8,10,16H,9H2,1-4H3. The molecule has 0 heterocycles. The van der Waals surface area contributed by atoms with Gasteiger partial charge >= 0.3 is 5.97 Å². The number of nitrogens with one attached hydrogen (secondary N) is 1. The second-order valence-electron chi connectivity index (χ2n) is 4.87. The van der Waals surface area contributed by atoms with E-state index >= 15 is 0 Å². The van der Waals surface area contributed by atoms with Gasteiger partial charge in [-0.3, -0.25) is 5.32 Å². The summed E-state index contributed by atoms with van der Waals surface area (Å²) in [6, 6.07) is 6.24. The van der Waals surface area contributed by atoms with Gasteiger partial charge in [0.2, 0.25) is 0 Å². The molecule has 0 aliphatic carbocycles. The van der Waals surface area contributed by atoms with Crippen molar-refractivity contribution >= 4 is 5.97 Å². The average Bonchev–Trinajstić information content (AvgIpc) is 2.35. The van der Waals surface area contributed by atoms with Gasteiger partial charge in [0.15, 0.2) is 0 Å². The number of benzene rings is 1. The molecule has 100 valence electrons. The Morgan fingerprint density at radius 1 is 1.44 bits per heavy atom. The van der Waals surface area contributed by atoms with E-state index in [0.29, 0.717) is 18.0 Å². The maximum absolute atomic E-state index is 13.9. The molecule has 1 unspecified atom stereocenters. The van der Waals surface area contributed by atoms with Crippen LogP contribution in [0, 0.1) is 11.7 Å². The summed E-state index contributed by atoms with van der Waals surface area (Å²) in [5.74, 6) is -0.560. The molecule has 4 heteroatoms. The first-order valence-electron chi connectivity index (χ1n) is 6.00. The Kier molecular flexibility index (Phi) is 4.84. The molecule has 0 aliphatic heterocycles. The van der Waals surface area contributed by atoms with Gasteiger partial charge < -0.3 is 4.74 Å². The third-order valence-electron chi connectivity index (χ3n) is 2.87. The highest BCUT2D eigenvalue weighted by Gasteiger charge is 2.38. The second kappa shape index (κ2) is 5.96. The van der Waals surface area contributed by atoms with E-state index in [9.17, 15) is 9.18 Å². The first kappa shape index (κ1) is 14.6. The van der Waals surface area contributed by atoms with E-state index < -0.39 is 17.3 Å². The van der Waals surface area contributed by atoms with Crippen LogP contribution in [0.5, 0.6) is 0 Å². The molecule has 1 aromatic carbocycles. The summed E-state index contributed by atoms with van der Waals surface area (Å²) >= 11 is 0. The van der Waals surface area contributed by atoms with Crippen LogP contribution in [-0.4, -0.2) is 19.6 Å². The maximum atomic E-state index is 13.9. The molecule has 1 rings (SSSR count). The number of carbonyl (C=O) groups excluding carboxylic acids is 1. The average molecular weight is 253 g/mol. The van der Waals surface area contributed by atoms with Crippen LogP contribution >= 0.6 is 0 Å². The smallest absolute Gasteiger partial charge is 0.330 e. The zero-order chi connectivity index (χ0) is 13.8. The molecular weight excluding hydrogens is 233 g/mol. The molecule has 0 aliphatic rings. The summed E-state index contributed by atoms with van der Waals surface area (Å²) in [5.41, 5.74) is -0.859. The molecule has 18 heavy (non-hydrogen) atoms. The van der Waals surface area contributed by atoms with Crippen LogP contribution in [0.3, 0.4) is 0 Å². The number of methoxy groups -OCH3 is 1. The van der Waals surface area contributed by atoms with Crippen LogP contribution in [0.1, 0.15) is 26.3 Å². The SMILES string of the molecule is COC(=O)C(C)(NCC(C)C)c1ccccc1F. The highest BCUT2D eigenvalue weighted by molar-refractivity contribution is 5.82. The van der Waals surface area contributed by atoms with Crippen LogP contribution in [-0.2, 0) is 15.1 Å². The fourth-order valence-corrected chi connectivity index (χ4v) is 1.76. The van der Waals surface area contributed by atoms with Crippen molar-refractivity contribution in [3.63, 3.8) is 0 Å². The van der Waals surface area contributed by atoms with Crippen molar-refractivity contribution in [1.29, 1.82) is 0 Å². The first-order valence-corrected chi connectivity index (χ1v) is 6.00. The van der Waals surface area contributed by atoms with Gasteiger partial charge in [-0.05, 0) is 25.5 Å². The largest absolute Gasteiger partial charge is 0.467 e. The van der Waals surface area contributed by atoms with Crippen molar-refractivity contribution in [2.45, 2.75) is 26.3 Å². The van der Waals surface area contributed by atoms with Crippen LogP contribution in [0.15, 0.2) is 24.3 Å².